The van der Waals surface area contributed by atoms with E-state index in [9.17, 15) is 9.18 Å². The summed E-state index contributed by atoms with van der Waals surface area (Å²) in [5.74, 6) is -0.272. The molecule has 0 unspecified atom stereocenters. The number of likely N-dealkylation sites (N-methyl/N-ethyl adjacent to an activating group) is 1. The molecule has 6 nitrogen and oxygen atoms in total. The van der Waals surface area contributed by atoms with Crippen molar-refractivity contribution in [2.45, 2.75) is 0 Å². The predicted molar refractivity (Wildman–Crippen MR) is 91.1 cm³/mol. The van der Waals surface area contributed by atoms with Crippen LogP contribution in [0.15, 0.2) is 30.6 Å². The van der Waals surface area contributed by atoms with Gasteiger partial charge in [-0.2, -0.15) is 0 Å². The number of halogens is 2. The van der Waals surface area contributed by atoms with Crippen LogP contribution in [0.2, 0.25) is 5.02 Å². The Morgan fingerprint density at radius 1 is 1.25 bits per heavy atom. The Bertz CT molecular complexity index is 729. The monoisotopic (exact) mass is 349 g/mol. The molecule has 1 fully saturated rings. The molecule has 0 aliphatic carbocycles. The first-order valence-electron chi connectivity index (χ1n) is 7.55. The average Bonchev–Trinajstić information content (AvgIpc) is 2.55. The summed E-state index contributed by atoms with van der Waals surface area (Å²) < 4.78 is 13.8. The van der Waals surface area contributed by atoms with E-state index in [1.54, 1.807) is 6.07 Å². The standard InChI is InChI=1S/C16H17ClFN5O/c1-22-5-7-23(8-6-22)14-9-13(19-10-20-14)21-16(24)15-11(17)3-2-4-12(15)18/h2-4,9-10H,5-8H2,1H3,(H,19,20,21,24). The summed E-state index contributed by atoms with van der Waals surface area (Å²) in [4.78, 5) is 24.9. The third-order valence-electron chi connectivity index (χ3n) is 3.91. The smallest absolute Gasteiger partial charge is 0.261 e. The minimum absolute atomic E-state index is 0.0563. The number of aromatic nitrogens is 2. The molecule has 1 aliphatic rings. The van der Waals surface area contributed by atoms with Gasteiger partial charge >= 0.3 is 0 Å². The third-order valence-corrected chi connectivity index (χ3v) is 4.23. The van der Waals surface area contributed by atoms with Gasteiger partial charge in [0.1, 0.15) is 23.8 Å². The van der Waals surface area contributed by atoms with E-state index in [4.69, 9.17) is 11.6 Å². The highest BCUT2D eigenvalue weighted by Crippen LogP contribution is 2.21. The highest BCUT2D eigenvalue weighted by molar-refractivity contribution is 6.34. The number of nitrogens with one attached hydrogen (secondary N) is 1. The largest absolute Gasteiger partial charge is 0.354 e. The van der Waals surface area contributed by atoms with E-state index in [2.05, 4.69) is 32.1 Å². The Morgan fingerprint density at radius 2 is 2.00 bits per heavy atom. The predicted octanol–water partition coefficient (Wildman–Crippen LogP) is 2.27. The second-order valence-electron chi connectivity index (χ2n) is 5.60. The number of piperazine rings is 1. The zero-order valence-corrected chi connectivity index (χ0v) is 13.9. The van der Waals surface area contributed by atoms with Crippen molar-refractivity contribution in [3.8, 4) is 0 Å². The number of carbonyl (C=O) groups is 1. The van der Waals surface area contributed by atoms with E-state index in [0.29, 0.717) is 5.82 Å². The molecule has 0 bridgehead atoms. The Morgan fingerprint density at radius 3 is 2.71 bits per heavy atom. The van der Waals surface area contributed by atoms with E-state index in [1.165, 1.54) is 24.5 Å². The summed E-state index contributed by atoms with van der Waals surface area (Å²) in [5, 5.41) is 2.63. The van der Waals surface area contributed by atoms with Crippen LogP contribution >= 0.6 is 11.6 Å². The molecule has 126 valence electrons. The van der Waals surface area contributed by atoms with Crippen molar-refractivity contribution in [3.63, 3.8) is 0 Å². The van der Waals surface area contributed by atoms with E-state index < -0.39 is 11.7 Å². The quantitative estimate of drug-likeness (QED) is 0.921. The molecule has 1 aromatic heterocycles. The van der Waals surface area contributed by atoms with Gasteiger partial charge in [0.05, 0.1) is 10.6 Å². The molecule has 8 heteroatoms. The molecular formula is C16H17ClFN5O. The lowest BCUT2D eigenvalue weighted by molar-refractivity contribution is 0.102. The zero-order chi connectivity index (χ0) is 17.1. The highest BCUT2D eigenvalue weighted by Gasteiger charge is 2.18. The van der Waals surface area contributed by atoms with E-state index in [0.717, 1.165) is 32.0 Å². The first kappa shape index (κ1) is 16.6. The van der Waals surface area contributed by atoms with Crippen molar-refractivity contribution in [1.29, 1.82) is 0 Å². The molecule has 0 spiro atoms. The molecule has 1 aliphatic heterocycles. The van der Waals surface area contributed by atoms with Gasteiger partial charge in [0.25, 0.3) is 5.91 Å². The molecule has 0 saturated carbocycles. The van der Waals surface area contributed by atoms with E-state index >= 15 is 0 Å². The van der Waals surface area contributed by atoms with Gasteiger partial charge in [0.15, 0.2) is 0 Å². The number of benzene rings is 1. The Kier molecular flexibility index (Phi) is 4.92. The maximum atomic E-state index is 13.8. The van der Waals surface area contributed by atoms with Crippen molar-refractivity contribution in [1.82, 2.24) is 14.9 Å². The van der Waals surface area contributed by atoms with Gasteiger partial charge in [0.2, 0.25) is 0 Å². The second kappa shape index (κ2) is 7.11. The van der Waals surface area contributed by atoms with Crippen molar-refractivity contribution in [2.75, 3.05) is 43.4 Å². The van der Waals surface area contributed by atoms with Crippen LogP contribution < -0.4 is 10.2 Å². The number of hydrogen-bond donors (Lipinski definition) is 1. The van der Waals surface area contributed by atoms with Crippen molar-refractivity contribution in [2.24, 2.45) is 0 Å². The molecule has 1 N–H and O–H groups in total. The normalized spacial score (nSPS) is 15.4. The number of nitrogens with zero attached hydrogens (tertiary/aromatic N) is 4. The Balaban J connectivity index is 1.76. The van der Waals surface area contributed by atoms with Gasteiger partial charge in [-0.25, -0.2) is 14.4 Å². The molecule has 1 aromatic carbocycles. The van der Waals surface area contributed by atoms with Crippen LogP contribution in [-0.2, 0) is 0 Å². The van der Waals surface area contributed by atoms with Crippen molar-refractivity contribution in [3.05, 3.63) is 47.0 Å². The van der Waals surface area contributed by atoms with Crippen LogP contribution in [0, 0.1) is 5.82 Å². The first-order chi connectivity index (χ1) is 11.5. The number of rotatable bonds is 3. The van der Waals surface area contributed by atoms with Gasteiger partial charge in [-0.05, 0) is 19.2 Å². The van der Waals surface area contributed by atoms with Gasteiger partial charge in [-0.3, -0.25) is 4.79 Å². The fourth-order valence-electron chi connectivity index (χ4n) is 2.52. The van der Waals surface area contributed by atoms with Crippen LogP contribution in [-0.4, -0.2) is 54.0 Å². The summed E-state index contributed by atoms with van der Waals surface area (Å²) in [6.07, 6.45) is 1.38. The summed E-state index contributed by atoms with van der Waals surface area (Å²) in [6.45, 7) is 3.58. The fourth-order valence-corrected chi connectivity index (χ4v) is 2.77. The lowest BCUT2D eigenvalue weighted by Crippen LogP contribution is -2.44. The number of anilines is 2. The van der Waals surface area contributed by atoms with Gasteiger partial charge in [-0.15, -0.1) is 0 Å². The lowest BCUT2D eigenvalue weighted by atomic mass is 10.2. The van der Waals surface area contributed by atoms with Crippen LogP contribution in [0.25, 0.3) is 0 Å². The van der Waals surface area contributed by atoms with Gasteiger partial charge < -0.3 is 15.1 Å². The molecule has 2 aromatic rings. The molecule has 1 amide bonds. The van der Waals surface area contributed by atoms with E-state index in [1.807, 2.05) is 0 Å². The summed E-state index contributed by atoms with van der Waals surface area (Å²) >= 11 is 5.91. The highest BCUT2D eigenvalue weighted by atomic mass is 35.5. The van der Waals surface area contributed by atoms with Gasteiger partial charge in [-0.1, -0.05) is 17.7 Å². The van der Waals surface area contributed by atoms with E-state index in [-0.39, 0.29) is 10.6 Å². The van der Waals surface area contributed by atoms with Gasteiger partial charge in [0, 0.05) is 32.2 Å². The zero-order valence-electron chi connectivity index (χ0n) is 13.2. The maximum Gasteiger partial charge on any atom is 0.261 e. The summed E-state index contributed by atoms with van der Waals surface area (Å²) in [5.41, 5.74) is -0.195. The topological polar surface area (TPSA) is 61.4 Å². The molecule has 24 heavy (non-hydrogen) atoms. The van der Waals surface area contributed by atoms with Crippen LogP contribution in [0.5, 0.6) is 0 Å². The first-order valence-corrected chi connectivity index (χ1v) is 7.93. The second-order valence-corrected chi connectivity index (χ2v) is 6.01. The number of amides is 1. The molecule has 3 rings (SSSR count). The molecule has 0 atom stereocenters. The number of hydrogen-bond acceptors (Lipinski definition) is 5. The minimum Gasteiger partial charge on any atom is -0.354 e. The van der Waals surface area contributed by atoms with Crippen molar-refractivity contribution >= 4 is 29.1 Å². The van der Waals surface area contributed by atoms with Crippen LogP contribution in [0.4, 0.5) is 16.0 Å². The molecule has 2 heterocycles. The molecular weight excluding hydrogens is 333 g/mol. The summed E-state index contributed by atoms with van der Waals surface area (Å²) in [7, 11) is 2.07. The molecule has 0 radical (unpaired) electrons. The van der Waals surface area contributed by atoms with Crippen LogP contribution in [0.3, 0.4) is 0 Å². The summed E-state index contributed by atoms with van der Waals surface area (Å²) in [6, 6.07) is 5.79. The fraction of sp³-hybridized carbons (Fsp3) is 0.312. The molecule has 1 saturated heterocycles. The maximum absolute atomic E-state index is 13.8. The third kappa shape index (κ3) is 3.63. The SMILES string of the molecule is CN1CCN(c2cc(NC(=O)c3c(F)cccc3Cl)ncn2)CC1. The number of carbonyl (C=O) groups excluding carboxylic acids is 1. The Hall–Kier alpha value is -2.25. The average molecular weight is 350 g/mol. The van der Waals surface area contributed by atoms with Crippen LogP contribution in [0.1, 0.15) is 10.4 Å². The lowest BCUT2D eigenvalue weighted by Gasteiger charge is -2.33. The Labute approximate surface area is 144 Å². The van der Waals surface area contributed by atoms with Crippen molar-refractivity contribution < 1.29 is 9.18 Å². The minimum atomic E-state index is -0.673.